The Labute approximate surface area is 173 Å². The van der Waals surface area contributed by atoms with Gasteiger partial charge in [0.15, 0.2) is 15.4 Å². The summed E-state index contributed by atoms with van der Waals surface area (Å²) < 4.78 is 29.1. The van der Waals surface area contributed by atoms with E-state index >= 15 is 0 Å². The molecule has 0 fully saturated rings. The monoisotopic (exact) mass is 427 g/mol. The molecule has 1 aliphatic rings. The lowest BCUT2D eigenvalue weighted by molar-refractivity contribution is 0.278. The molecule has 29 heavy (non-hydrogen) atoms. The molecule has 2 aromatic carbocycles. The van der Waals surface area contributed by atoms with Gasteiger partial charge in [0.25, 0.3) is 6.02 Å². The quantitative estimate of drug-likeness (QED) is 0.688. The molecule has 0 bridgehead atoms. The van der Waals surface area contributed by atoms with Crippen LogP contribution >= 0.6 is 11.6 Å². The molecule has 6 nitrogen and oxygen atoms in total. The number of hydrogen-bond acceptors (Lipinski definition) is 6. The minimum atomic E-state index is -3.30. The molecule has 2 heterocycles. The number of ether oxygens (including phenoxy) is 1. The molecule has 0 amide bonds. The van der Waals surface area contributed by atoms with Gasteiger partial charge in [0.1, 0.15) is 6.61 Å². The standard InChI is InChI=1S/C21H18ClN3O3S/c1-29(26,27)19-7-5-16(6-8-19)21(13-28-20(23)25-21)17-4-2-3-14(9-17)15-10-18(22)12-24-11-15/h2-12H,13H2,1H3,(H2,23,25). The van der Waals surface area contributed by atoms with Crippen molar-refractivity contribution < 1.29 is 13.2 Å². The molecular weight excluding hydrogens is 410 g/mol. The Morgan fingerprint density at radius 3 is 2.41 bits per heavy atom. The van der Waals surface area contributed by atoms with Crippen LogP contribution < -0.4 is 5.73 Å². The van der Waals surface area contributed by atoms with Crippen LogP contribution in [-0.4, -0.2) is 32.3 Å². The summed E-state index contributed by atoms with van der Waals surface area (Å²) in [4.78, 5) is 8.97. The summed E-state index contributed by atoms with van der Waals surface area (Å²) >= 11 is 6.09. The van der Waals surface area contributed by atoms with Gasteiger partial charge in [-0.3, -0.25) is 4.98 Å². The predicted octanol–water partition coefficient (Wildman–Crippen LogP) is 3.39. The normalized spacial score (nSPS) is 18.9. The van der Waals surface area contributed by atoms with Crippen LogP contribution in [0.3, 0.4) is 0 Å². The number of benzene rings is 2. The third-order valence-electron chi connectivity index (χ3n) is 4.87. The fourth-order valence-corrected chi connectivity index (χ4v) is 4.20. The SMILES string of the molecule is CS(=O)(=O)c1ccc(C2(c3cccc(-c4cncc(Cl)c4)c3)COC(N)=N2)cc1. The third-order valence-corrected chi connectivity index (χ3v) is 6.20. The largest absolute Gasteiger partial charge is 0.462 e. The minimum Gasteiger partial charge on any atom is -0.462 e. The van der Waals surface area contributed by atoms with Gasteiger partial charge in [-0.25, -0.2) is 13.4 Å². The molecule has 0 saturated carbocycles. The highest BCUT2D eigenvalue weighted by Crippen LogP contribution is 2.39. The van der Waals surface area contributed by atoms with Gasteiger partial charge in [0.05, 0.1) is 9.92 Å². The van der Waals surface area contributed by atoms with Crippen LogP contribution in [0.1, 0.15) is 11.1 Å². The van der Waals surface area contributed by atoms with Crippen molar-refractivity contribution in [2.75, 3.05) is 12.9 Å². The number of halogens is 1. The topological polar surface area (TPSA) is 94.6 Å². The maximum absolute atomic E-state index is 11.8. The summed E-state index contributed by atoms with van der Waals surface area (Å²) in [6, 6.07) is 16.4. The van der Waals surface area contributed by atoms with Crippen molar-refractivity contribution in [1.29, 1.82) is 0 Å². The van der Waals surface area contributed by atoms with Crippen LogP contribution in [0.2, 0.25) is 5.02 Å². The van der Waals surface area contributed by atoms with Crippen molar-refractivity contribution in [3.05, 3.63) is 83.1 Å². The summed E-state index contributed by atoms with van der Waals surface area (Å²) in [6.07, 6.45) is 4.49. The Bertz CT molecular complexity index is 1210. The Morgan fingerprint density at radius 1 is 1.03 bits per heavy atom. The molecule has 1 unspecified atom stereocenters. The first-order valence-electron chi connectivity index (χ1n) is 8.78. The molecule has 1 aromatic heterocycles. The second-order valence-corrected chi connectivity index (χ2v) is 9.32. The third kappa shape index (κ3) is 3.71. The smallest absolute Gasteiger partial charge is 0.283 e. The summed E-state index contributed by atoms with van der Waals surface area (Å²) in [6.45, 7) is 0.217. The van der Waals surface area contributed by atoms with Gasteiger partial charge in [0, 0.05) is 24.2 Å². The van der Waals surface area contributed by atoms with Crippen molar-refractivity contribution in [3.8, 4) is 11.1 Å². The molecule has 0 aliphatic carbocycles. The van der Waals surface area contributed by atoms with Gasteiger partial charge in [-0.15, -0.1) is 0 Å². The Balaban J connectivity index is 1.84. The van der Waals surface area contributed by atoms with Gasteiger partial charge in [0.2, 0.25) is 0 Å². The lowest BCUT2D eigenvalue weighted by Crippen LogP contribution is -2.27. The number of aromatic nitrogens is 1. The Kier molecular flexibility index (Phi) is 4.80. The van der Waals surface area contributed by atoms with Crippen LogP contribution in [0.4, 0.5) is 0 Å². The number of nitrogens with zero attached hydrogens (tertiary/aromatic N) is 2. The minimum absolute atomic E-state index is 0.0898. The first kappa shape index (κ1) is 19.4. The lowest BCUT2D eigenvalue weighted by Gasteiger charge is -2.26. The van der Waals surface area contributed by atoms with Crippen LogP contribution in [0.5, 0.6) is 0 Å². The van der Waals surface area contributed by atoms with E-state index in [0.717, 1.165) is 22.3 Å². The van der Waals surface area contributed by atoms with Gasteiger partial charge in [-0.05, 0) is 41.0 Å². The number of sulfone groups is 1. The maximum Gasteiger partial charge on any atom is 0.283 e. The van der Waals surface area contributed by atoms with E-state index in [1.807, 2.05) is 30.3 Å². The molecule has 4 rings (SSSR count). The highest BCUT2D eigenvalue weighted by molar-refractivity contribution is 7.90. The van der Waals surface area contributed by atoms with Crippen LogP contribution in [0, 0.1) is 0 Å². The van der Waals surface area contributed by atoms with Crippen molar-refractivity contribution in [1.82, 2.24) is 4.98 Å². The highest BCUT2D eigenvalue weighted by atomic mass is 35.5. The van der Waals surface area contributed by atoms with E-state index in [1.54, 1.807) is 36.7 Å². The predicted molar refractivity (Wildman–Crippen MR) is 113 cm³/mol. The van der Waals surface area contributed by atoms with Gasteiger partial charge >= 0.3 is 0 Å². The van der Waals surface area contributed by atoms with Crippen molar-refractivity contribution in [2.45, 2.75) is 10.4 Å². The first-order valence-corrected chi connectivity index (χ1v) is 11.1. The van der Waals surface area contributed by atoms with Crippen LogP contribution in [-0.2, 0) is 20.1 Å². The summed E-state index contributed by atoms with van der Waals surface area (Å²) in [5, 5.41) is 0.547. The second kappa shape index (κ2) is 7.17. The number of pyridine rings is 1. The zero-order valence-corrected chi connectivity index (χ0v) is 17.1. The zero-order valence-electron chi connectivity index (χ0n) is 15.5. The molecule has 1 atom stereocenters. The number of nitrogens with two attached hydrogens (primary N) is 1. The van der Waals surface area contributed by atoms with E-state index in [9.17, 15) is 8.42 Å². The van der Waals surface area contributed by atoms with E-state index in [0.29, 0.717) is 5.02 Å². The number of aliphatic imine (C=N–C) groups is 1. The molecule has 1 aliphatic heterocycles. The van der Waals surface area contributed by atoms with Crippen molar-refractivity contribution in [3.63, 3.8) is 0 Å². The van der Waals surface area contributed by atoms with E-state index in [-0.39, 0.29) is 17.5 Å². The molecule has 0 spiro atoms. The first-order chi connectivity index (χ1) is 13.8. The fraction of sp³-hybridized carbons (Fsp3) is 0.143. The summed E-state index contributed by atoms with van der Waals surface area (Å²) in [7, 11) is -3.30. The summed E-state index contributed by atoms with van der Waals surface area (Å²) in [5.74, 6) is 0. The van der Waals surface area contributed by atoms with E-state index in [4.69, 9.17) is 22.1 Å². The molecule has 3 aromatic rings. The van der Waals surface area contributed by atoms with Crippen LogP contribution in [0.15, 0.2) is 76.9 Å². The Hall–Kier alpha value is -2.90. The highest BCUT2D eigenvalue weighted by Gasteiger charge is 2.40. The van der Waals surface area contributed by atoms with Gasteiger partial charge in [-0.2, -0.15) is 0 Å². The molecule has 2 N–H and O–H groups in total. The molecule has 8 heteroatoms. The number of amidine groups is 1. The maximum atomic E-state index is 11.8. The van der Waals surface area contributed by atoms with Crippen molar-refractivity contribution >= 4 is 27.5 Å². The van der Waals surface area contributed by atoms with Crippen LogP contribution in [0.25, 0.3) is 11.1 Å². The lowest BCUT2D eigenvalue weighted by atomic mass is 9.83. The molecule has 148 valence electrons. The van der Waals surface area contributed by atoms with Gasteiger partial charge < -0.3 is 10.5 Å². The van der Waals surface area contributed by atoms with Crippen molar-refractivity contribution in [2.24, 2.45) is 10.7 Å². The Morgan fingerprint density at radius 2 is 1.79 bits per heavy atom. The van der Waals surface area contributed by atoms with E-state index in [2.05, 4.69) is 9.98 Å². The molecule has 0 saturated heterocycles. The number of rotatable bonds is 4. The van der Waals surface area contributed by atoms with E-state index in [1.165, 1.54) is 6.26 Å². The fourth-order valence-electron chi connectivity index (χ4n) is 3.40. The van der Waals surface area contributed by atoms with E-state index < -0.39 is 15.4 Å². The zero-order chi connectivity index (χ0) is 20.6. The molecule has 0 radical (unpaired) electrons. The average molecular weight is 428 g/mol. The second-order valence-electron chi connectivity index (χ2n) is 6.87. The molecular formula is C21H18ClN3O3S. The average Bonchev–Trinajstić information content (AvgIpc) is 3.11. The van der Waals surface area contributed by atoms with Gasteiger partial charge in [-0.1, -0.05) is 41.9 Å². The number of hydrogen-bond donors (Lipinski definition) is 1. The summed E-state index contributed by atoms with van der Waals surface area (Å²) in [5.41, 5.74) is 8.43.